The van der Waals surface area contributed by atoms with Crippen molar-refractivity contribution in [2.75, 3.05) is 13.7 Å². The zero-order valence-electron chi connectivity index (χ0n) is 14.1. The van der Waals surface area contributed by atoms with Gasteiger partial charge in [-0.2, -0.15) is 0 Å². The van der Waals surface area contributed by atoms with Crippen molar-refractivity contribution in [1.82, 2.24) is 10.2 Å². The molecule has 1 heterocycles. The predicted octanol–water partition coefficient (Wildman–Crippen LogP) is 2.87. The second-order valence-electron chi connectivity index (χ2n) is 6.58. The van der Waals surface area contributed by atoms with Gasteiger partial charge >= 0.3 is 6.09 Å². The second-order valence-corrected chi connectivity index (χ2v) is 6.95. The van der Waals surface area contributed by atoms with Gasteiger partial charge in [-0.1, -0.05) is 24.3 Å². The number of carbonyl (C=O) groups is 1. The Balaban J connectivity index is 2.17. The standard InChI is InChI=1S/C17H24N2O3S/c1-17(2,3)22-16(20)19-10-13-8-6-5-7-12(13)9-14(19)11-21-15(23)18-4/h5-8,14H,9-11H2,1-4H3,(H,18,23)/t14-/m0/s1. The van der Waals surface area contributed by atoms with E-state index in [2.05, 4.69) is 11.4 Å². The summed E-state index contributed by atoms with van der Waals surface area (Å²) in [6.07, 6.45) is 0.401. The van der Waals surface area contributed by atoms with E-state index in [0.29, 0.717) is 18.3 Å². The van der Waals surface area contributed by atoms with Crippen molar-refractivity contribution in [1.29, 1.82) is 0 Å². The molecule has 0 bridgehead atoms. The summed E-state index contributed by atoms with van der Waals surface area (Å²) in [6.45, 7) is 6.46. The highest BCUT2D eigenvalue weighted by Gasteiger charge is 2.33. The van der Waals surface area contributed by atoms with Crippen molar-refractivity contribution in [2.45, 2.75) is 45.4 Å². The number of rotatable bonds is 2. The minimum absolute atomic E-state index is 0.106. The lowest BCUT2D eigenvalue weighted by Crippen LogP contribution is -2.49. The number of hydrogen-bond donors (Lipinski definition) is 1. The van der Waals surface area contributed by atoms with E-state index in [0.717, 1.165) is 12.0 Å². The van der Waals surface area contributed by atoms with Crippen LogP contribution in [0.3, 0.4) is 0 Å². The second kappa shape index (κ2) is 7.17. The van der Waals surface area contributed by atoms with Crippen molar-refractivity contribution in [2.24, 2.45) is 0 Å². The van der Waals surface area contributed by atoms with Crippen LogP contribution < -0.4 is 5.32 Å². The van der Waals surface area contributed by atoms with Gasteiger partial charge in [0.15, 0.2) is 0 Å². The summed E-state index contributed by atoms with van der Waals surface area (Å²) in [6, 6.07) is 8.02. The van der Waals surface area contributed by atoms with Gasteiger partial charge in [-0.15, -0.1) is 0 Å². The van der Waals surface area contributed by atoms with Crippen molar-refractivity contribution in [3.8, 4) is 0 Å². The third kappa shape index (κ3) is 4.82. The summed E-state index contributed by atoms with van der Waals surface area (Å²) in [4.78, 5) is 14.3. The molecule has 1 aromatic rings. The van der Waals surface area contributed by atoms with E-state index in [1.165, 1.54) is 5.56 Å². The van der Waals surface area contributed by atoms with Gasteiger partial charge in [0.1, 0.15) is 12.2 Å². The maximum absolute atomic E-state index is 12.5. The van der Waals surface area contributed by atoms with Crippen LogP contribution in [0.4, 0.5) is 4.79 Å². The third-order valence-electron chi connectivity index (χ3n) is 3.59. The molecule has 23 heavy (non-hydrogen) atoms. The molecule has 0 fully saturated rings. The van der Waals surface area contributed by atoms with E-state index in [-0.39, 0.29) is 12.1 Å². The van der Waals surface area contributed by atoms with Crippen molar-refractivity contribution in [3.05, 3.63) is 35.4 Å². The number of amides is 1. The molecule has 0 saturated heterocycles. The number of benzene rings is 1. The molecular formula is C17H24N2O3S. The molecule has 126 valence electrons. The zero-order chi connectivity index (χ0) is 17.0. The number of thiocarbonyl (C=S) groups is 1. The van der Waals surface area contributed by atoms with E-state index in [4.69, 9.17) is 21.7 Å². The predicted molar refractivity (Wildman–Crippen MR) is 93.3 cm³/mol. The number of hydrogen-bond acceptors (Lipinski definition) is 4. The van der Waals surface area contributed by atoms with Gasteiger partial charge in [0.2, 0.25) is 0 Å². The number of ether oxygens (including phenoxy) is 2. The molecule has 1 aromatic carbocycles. The summed E-state index contributed by atoms with van der Waals surface area (Å²) >= 11 is 5.03. The Bertz CT molecular complexity index is 583. The van der Waals surface area contributed by atoms with Gasteiger partial charge in [-0.25, -0.2) is 4.79 Å². The molecule has 2 rings (SSSR count). The van der Waals surface area contributed by atoms with Crippen LogP contribution in [0.2, 0.25) is 0 Å². The number of carbonyl (C=O) groups excluding carboxylic acids is 1. The Morgan fingerprint density at radius 1 is 1.35 bits per heavy atom. The summed E-state index contributed by atoms with van der Waals surface area (Å²) in [5.41, 5.74) is 1.85. The van der Waals surface area contributed by atoms with Crippen LogP contribution in [0.5, 0.6) is 0 Å². The van der Waals surface area contributed by atoms with Gasteiger partial charge in [-0.05, 0) is 50.5 Å². The van der Waals surface area contributed by atoms with Gasteiger partial charge in [0.25, 0.3) is 5.17 Å². The number of fused-ring (bicyclic) bond motifs is 1. The smallest absolute Gasteiger partial charge is 0.410 e. The fourth-order valence-corrected chi connectivity index (χ4v) is 2.58. The quantitative estimate of drug-likeness (QED) is 0.842. The van der Waals surface area contributed by atoms with Crippen LogP contribution in [0.15, 0.2) is 24.3 Å². The molecule has 1 aliphatic heterocycles. The molecule has 0 aromatic heterocycles. The lowest BCUT2D eigenvalue weighted by atomic mass is 9.95. The Hall–Kier alpha value is -1.82. The lowest BCUT2D eigenvalue weighted by Gasteiger charge is -2.37. The molecule has 1 aliphatic rings. The SMILES string of the molecule is CNC(=S)OC[C@@H]1Cc2ccccc2CN1C(=O)OC(C)(C)C. The first-order valence-corrected chi connectivity index (χ1v) is 8.12. The van der Waals surface area contributed by atoms with Gasteiger partial charge in [-0.3, -0.25) is 4.90 Å². The highest BCUT2D eigenvalue weighted by molar-refractivity contribution is 7.80. The summed E-state index contributed by atoms with van der Waals surface area (Å²) in [5.74, 6) is 0. The van der Waals surface area contributed by atoms with Crippen LogP contribution in [-0.4, -0.2) is 41.5 Å². The molecule has 1 atom stereocenters. The van der Waals surface area contributed by atoms with Crippen LogP contribution in [-0.2, 0) is 22.4 Å². The highest BCUT2D eigenvalue weighted by Crippen LogP contribution is 2.25. The molecular weight excluding hydrogens is 312 g/mol. The zero-order valence-corrected chi connectivity index (χ0v) is 14.9. The maximum Gasteiger partial charge on any atom is 0.410 e. The van der Waals surface area contributed by atoms with Crippen molar-refractivity contribution < 1.29 is 14.3 Å². The average molecular weight is 336 g/mol. The monoisotopic (exact) mass is 336 g/mol. The van der Waals surface area contributed by atoms with E-state index in [9.17, 15) is 4.79 Å². The summed E-state index contributed by atoms with van der Waals surface area (Å²) in [5, 5.41) is 3.11. The molecule has 0 unspecified atom stereocenters. The molecule has 0 aliphatic carbocycles. The fraction of sp³-hybridized carbons (Fsp3) is 0.529. The fourth-order valence-electron chi connectivity index (χ4n) is 2.51. The first-order chi connectivity index (χ1) is 10.8. The topological polar surface area (TPSA) is 50.8 Å². The van der Waals surface area contributed by atoms with Gasteiger partial charge < -0.3 is 14.8 Å². The molecule has 1 amide bonds. The first kappa shape index (κ1) is 17.5. The Morgan fingerprint density at radius 3 is 2.61 bits per heavy atom. The Kier molecular flexibility index (Phi) is 5.46. The molecule has 0 spiro atoms. The number of nitrogens with one attached hydrogen (secondary N) is 1. The highest BCUT2D eigenvalue weighted by atomic mass is 32.1. The van der Waals surface area contributed by atoms with Crippen molar-refractivity contribution >= 4 is 23.5 Å². The van der Waals surface area contributed by atoms with Crippen LogP contribution in [0.1, 0.15) is 31.9 Å². The first-order valence-electron chi connectivity index (χ1n) is 7.71. The van der Waals surface area contributed by atoms with E-state index in [1.807, 2.05) is 39.0 Å². The van der Waals surface area contributed by atoms with Gasteiger partial charge in [0, 0.05) is 13.6 Å². The maximum atomic E-state index is 12.5. The minimum atomic E-state index is -0.528. The van der Waals surface area contributed by atoms with E-state index in [1.54, 1.807) is 11.9 Å². The van der Waals surface area contributed by atoms with Crippen LogP contribution >= 0.6 is 12.2 Å². The lowest BCUT2D eigenvalue weighted by molar-refractivity contribution is 0.00551. The van der Waals surface area contributed by atoms with Crippen LogP contribution in [0, 0.1) is 0 Å². The third-order valence-corrected chi connectivity index (χ3v) is 3.92. The van der Waals surface area contributed by atoms with E-state index < -0.39 is 5.60 Å². The summed E-state index contributed by atoms with van der Waals surface area (Å²) in [7, 11) is 1.71. The Labute approximate surface area is 142 Å². The average Bonchev–Trinajstić information content (AvgIpc) is 2.49. The normalized spacial score (nSPS) is 17.2. The van der Waals surface area contributed by atoms with Gasteiger partial charge in [0.05, 0.1) is 6.04 Å². The molecule has 6 heteroatoms. The van der Waals surface area contributed by atoms with Crippen molar-refractivity contribution in [3.63, 3.8) is 0 Å². The molecule has 0 radical (unpaired) electrons. The molecule has 5 nitrogen and oxygen atoms in total. The molecule has 0 saturated carbocycles. The van der Waals surface area contributed by atoms with E-state index >= 15 is 0 Å². The largest absolute Gasteiger partial charge is 0.469 e. The molecule has 1 N–H and O–H groups in total. The summed E-state index contributed by atoms with van der Waals surface area (Å²) < 4.78 is 11.1. The minimum Gasteiger partial charge on any atom is -0.469 e. The Morgan fingerprint density at radius 2 is 2.00 bits per heavy atom. The van der Waals surface area contributed by atoms with Crippen LogP contribution in [0.25, 0.3) is 0 Å². The number of nitrogens with zero attached hydrogens (tertiary/aromatic N) is 1.